The van der Waals surface area contributed by atoms with Crippen LogP contribution in [-0.2, 0) is 6.42 Å². The van der Waals surface area contributed by atoms with Crippen molar-refractivity contribution in [2.24, 2.45) is 5.73 Å². The number of nitrogens with zero attached hydrogens (tertiary/aromatic N) is 1. The van der Waals surface area contributed by atoms with Gasteiger partial charge in [-0.05, 0) is 55.2 Å². The van der Waals surface area contributed by atoms with Gasteiger partial charge in [-0.25, -0.2) is 0 Å². The summed E-state index contributed by atoms with van der Waals surface area (Å²) in [5, 5.41) is 9.48. The molecule has 1 aliphatic carbocycles. The highest BCUT2D eigenvalue weighted by Crippen LogP contribution is 2.40. The first-order chi connectivity index (χ1) is 12.1. The molecule has 4 heteroatoms. The number of hydrogen-bond donors (Lipinski definition) is 2. The zero-order valence-electron chi connectivity index (χ0n) is 15.5. The smallest absolute Gasteiger partial charge is 0.254 e. The summed E-state index contributed by atoms with van der Waals surface area (Å²) in [6.07, 6.45) is 8.46. The van der Waals surface area contributed by atoms with E-state index in [4.69, 9.17) is 5.73 Å². The zero-order chi connectivity index (χ0) is 17.9. The van der Waals surface area contributed by atoms with Gasteiger partial charge in [0, 0.05) is 24.2 Å². The lowest BCUT2D eigenvalue weighted by Crippen LogP contribution is -2.40. The van der Waals surface area contributed by atoms with E-state index in [1.807, 2.05) is 11.0 Å². The van der Waals surface area contributed by atoms with Crippen LogP contribution in [0.4, 0.5) is 0 Å². The Morgan fingerprint density at radius 2 is 2.16 bits per heavy atom. The molecule has 2 atom stereocenters. The monoisotopic (exact) mass is 344 g/mol. The highest BCUT2D eigenvalue weighted by molar-refractivity contribution is 5.96. The van der Waals surface area contributed by atoms with Gasteiger partial charge in [0.15, 0.2) is 0 Å². The number of amides is 1. The molecule has 0 aromatic heterocycles. The summed E-state index contributed by atoms with van der Waals surface area (Å²) in [4.78, 5) is 14.8. The van der Waals surface area contributed by atoms with Crippen LogP contribution >= 0.6 is 0 Å². The van der Waals surface area contributed by atoms with E-state index < -0.39 is 5.54 Å². The summed E-state index contributed by atoms with van der Waals surface area (Å²) >= 11 is 0. The standard InChI is InChI=1S/C21H32N2O2/c1-2-3-4-5-11-23-12-9-17-13-16(6-7-19(17)20(23)25)18-8-10-21(22,14-18)15-24/h6-7,13,18,24H,2-5,8-12,14-15,22H2,1H3. The Labute approximate surface area is 151 Å². The molecular formula is C21H32N2O2. The Balaban J connectivity index is 1.66. The summed E-state index contributed by atoms with van der Waals surface area (Å²) in [7, 11) is 0. The third-order valence-corrected chi connectivity index (χ3v) is 6.01. The van der Waals surface area contributed by atoms with Crippen molar-refractivity contribution < 1.29 is 9.90 Å². The van der Waals surface area contributed by atoms with Gasteiger partial charge in [0.1, 0.15) is 0 Å². The molecule has 0 saturated heterocycles. The average Bonchev–Trinajstić information content (AvgIpc) is 3.03. The molecule has 0 bridgehead atoms. The van der Waals surface area contributed by atoms with E-state index in [0.29, 0.717) is 5.92 Å². The van der Waals surface area contributed by atoms with Gasteiger partial charge >= 0.3 is 0 Å². The summed E-state index contributed by atoms with van der Waals surface area (Å²) in [6, 6.07) is 6.33. The first kappa shape index (κ1) is 18.4. The number of aliphatic hydroxyl groups excluding tert-OH is 1. The van der Waals surface area contributed by atoms with E-state index in [2.05, 4.69) is 19.1 Å². The second kappa shape index (κ2) is 7.88. The molecule has 1 aromatic rings. The molecule has 0 radical (unpaired) electrons. The SMILES string of the molecule is CCCCCCN1CCc2cc(C3CCC(N)(CO)C3)ccc2C1=O. The highest BCUT2D eigenvalue weighted by atomic mass is 16.3. The van der Waals surface area contributed by atoms with Crippen LogP contribution in [0.15, 0.2) is 18.2 Å². The van der Waals surface area contributed by atoms with Gasteiger partial charge in [-0.15, -0.1) is 0 Å². The van der Waals surface area contributed by atoms with Crippen LogP contribution < -0.4 is 5.73 Å². The van der Waals surface area contributed by atoms with Crippen molar-refractivity contribution >= 4 is 5.91 Å². The third-order valence-electron chi connectivity index (χ3n) is 6.01. The molecule has 1 fully saturated rings. The molecule has 3 rings (SSSR count). The Bertz CT molecular complexity index is 616. The Hall–Kier alpha value is -1.39. The number of fused-ring (bicyclic) bond motifs is 1. The number of rotatable bonds is 7. The first-order valence-corrected chi connectivity index (χ1v) is 9.88. The maximum absolute atomic E-state index is 12.7. The molecule has 2 aliphatic rings. The van der Waals surface area contributed by atoms with E-state index in [9.17, 15) is 9.90 Å². The third kappa shape index (κ3) is 4.06. The largest absolute Gasteiger partial charge is 0.394 e. The van der Waals surface area contributed by atoms with Crippen LogP contribution in [0.1, 0.15) is 79.3 Å². The van der Waals surface area contributed by atoms with Crippen LogP contribution in [0.5, 0.6) is 0 Å². The normalized spacial score (nSPS) is 26.1. The Kier molecular flexibility index (Phi) is 5.80. The van der Waals surface area contributed by atoms with Crippen LogP contribution in [0.25, 0.3) is 0 Å². The second-order valence-corrected chi connectivity index (χ2v) is 7.98. The fraction of sp³-hybridized carbons (Fsp3) is 0.667. The topological polar surface area (TPSA) is 66.6 Å². The molecule has 1 amide bonds. The van der Waals surface area contributed by atoms with Crippen molar-refractivity contribution in [3.63, 3.8) is 0 Å². The maximum Gasteiger partial charge on any atom is 0.254 e. The summed E-state index contributed by atoms with van der Waals surface area (Å²) in [6.45, 7) is 3.98. The minimum Gasteiger partial charge on any atom is -0.394 e. The van der Waals surface area contributed by atoms with Gasteiger partial charge in [-0.1, -0.05) is 38.3 Å². The predicted molar refractivity (Wildman–Crippen MR) is 101 cm³/mol. The molecule has 2 unspecified atom stereocenters. The minimum absolute atomic E-state index is 0.0555. The number of benzene rings is 1. The fourth-order valence-electron chi connectivity index (χ4n) is 4.34. The lowest BCUT2D eigenvalue weighted by molar-refractivity contribution is 0.0736. The van der Waals surface area contributed by atoms with Crippen molar-refractivity contribution in [3.8, 4) is 0 Å². The molecule has 0 spiro atoms. The highest BCUT2D eigenvalue weighted by Gasteiger charge is 2.36. The Morgan fingerprint density at radius 3 is 2.88 bits per heavy atom. The van der Waals surface area contributed by atoms with E-state index >= 15 is 0 Å². The quantitative estimate of drug-likeness (QED) is 0.746. The van der Waals surface area contributed by atoms with Crippen molar-refractivity contribution in [1.82, 2.24) is 4.90 Å². The minimum atomic E-state index is -0.425. The predicted octanol–water partition coefficient (Wildman–Crippen LogP) is 3.22. The first-order valence-electron chi connectivity index (χ1n) is 9.88. The van der Waals surface area contributed by atoms with Gasteiger partial charge in [-0.2, -0.15) is 0 Å². The summed E-state index contributed by atoms with van der Waals surface area (Å²) in [5.74, 6) is 0.601. The summed E-state index contributed by atoms with van der Waals surface area (Å²) < 4.78 is 0. The van der Waals surface area contributed by atoms with E-state index in [0.717, 1.165) is 50.8 Å². The lowest BCUT2D eigenvalue weighted by atomic mass is 9.89. The molecule has 1 aliphatic heterocycles. The molecular weight excluding hydrogens is 312 g/mol. The number of carbonyl (C=O) groups excluding carboxylic acids is 1. The van der Waals surface area contributed by atoms with Crippen LogP contribution in [0.2, 0.25) is 0 Å². The van der Waals surface area contributed by atoms with Crippen molar-refractivity contribution in [2.45, 2.75) is 69.7 Å². The zero-order valence-corrected chi connectivity index (χ0v) is 15.5. The Morgan fingerprint density at radius 1 is 1.32 bits per heavy atom. The summed E-state index contributed by atoms with van der Waals surface area (Å²) in [5.41, 5.74) is 9.14. The van der Waals surface area contributed by atoms with E-state index in [1.54, 1.807) is 0 Å². The second-order valence-electron chi connectivity index (χ2n) is 7.98. The van der Waals surface area contributed by atoms with Crippen LogP contribution in [0.3, 0.4) is 0 Å². The van der Waals surface area contributed by atoms with Gasteiger partial charge in [0.05, 0.1) is 6.61 Å². The molecule has 1 saturated carbocycles. The molecule has 1 aromatic carbocycles. The van der Waals surface area contributed by atoms with E-state index in [1.165, 1.54) is 30.4 Å². The van der Waals surface area contributed by atoms with Crippen LogP contribution in [-0.4, -0.2) is 41.1 Å². The number of unbranched alkanes of at least 4 members (excludes halogenated alkanes) is 3. The average molecular weight is 344 g/mol. The number of hydrogen-bond acceptors (Lipinski definition) is 3. The van der Waals surface area contributed by atoms with Gasteiger partial charge in [0.25, 0.3) is 5.91 Å². The van der Waals surface area contributed by atoms with Crippen LogP contribution in [0, 0.1) is 0 Å². The molecule has 4 nitrogen and oxygen atoms in total. The molecule has 1 heterocycles. The molecule has 138 valence electrons. The number of nitrogens with two attached hydrogens (primary N) is 1. The lowest BCUT2D eigenvalue weighted by Gasteiger charge is -2.29. The number of aliphatic hydroxyl groups is 1. The van der Waals surface area contributed by atoms with Gasteiger partial charge < -0.3 is 15.7 Å². The van der Waals surface area contributed by atoms with Gasteiger partial charge in [0.2, 0.25) is 0 Å². The number of carbonyl (C=O) groups is 1. The van der Waals surface area contributed by atoms with E-state index in [-0.39, 0.29) is 12.5 Å². The fourth-order valence-corrected chi connectivity index (χ4v) is 4.34. The molecule has 25 heavy (non-hydrogen) atoms. The van der Waals surface area contributed by atoms with Gasteiger partial charge in [-0.3, -0.25) is 4.79 Å². The van der Waals surface area contributed by atoms with Crippen molar-refractivity contribution in [1.29, 1.82) is 0 Å². The maximum atomic E-state index is 12.7. The molecule has 3 N–H and O–H groups in total. The van der Waals surface area contributed by atoms with Crippen molar-refractivity contribution in [3.05, 3.63) is 34.9 Å². The van der Waals surface area contributed by atoms with Crippen molar-refractivity contribution in [2.75, 3.05) is 19.7 Å².